The number of methoxy groups -OCH3 is 1. The average Bonchev–Trinajstić information content (AvgIpc) is 2.72. The summed E-state index contributed by atoms with van der Waals surface area (Å²) >= 11 is 0. The molecule has 4 nitrogen and oxygen atoms in total. The molecule has 0 bridgehead atoms. The number of nitrogens with zero attached hydrogens (tertiary/aromatic N) is 2. The number of ether oxygens (including phenoxy) is 1. The van der Waals surface area contributed by atoms with E-state index in [0.717, 1.165) is 12.1 Å². The van der Waals surface area contributed by atoms with Gasteiger partial charge in [-0.1, -0.05) is 0 Å². The zero-order chi connectivity index (χ0) is 13.3. The Morgan fingerprint density at radius 1 is 1.44 bits per heavy atom. The van der Waals surface area contributed by atoms with Crippen molar-refractivity contribution in [3.63, 3.8) is 0 Å². The lowest BCUT2D eigenvalue weighted by Crippen LogP contribution is -2.11. The largest absolute Gasteiger partial charge is 0.469 e. The highest BCUT2D eigenvalue weighted by atomic mass is 19.2. The van der Waals surface area contributed by atoms with Gasteiger partial charge in [0.05, 0.1) is 30.9 Å². The Morgan fingerprint density at radius 2 is 2.11 bits per heavy atom. The van der Waals surface area contributed by atoms with Crippen LogP contribution in [0.4, 0.5) is 8.78 Å². The van der Waals surface area contributed by atoms with Crippen LogP contribution >= 0.6 is 0 Å². The van der Waals surface area contributed by atoms with Crippen LogP contribution in [-0.2, 0) is 9.53 Å². The molecule has 6 heteroatoms. The van der Waals surface area contributed by atoms with E-state index >= 15 is 0 Å². The van der Waals surface area contributed by atoms with E-state index in [0.29, 0.717) is 11.0 Å². The lowest BCUT2D eigenvalue weighted by atomic mass is 10.2. The minimum atomic E-state index is -0.937. The van der Waals surface area contributed by atoms with Crippen LogP contribution in [0.1, 0.15) is 19.4 Å². The molecular weight excluding hydrogens is 242 g/mol. The summed E-state index contributed by atoms with van der Waals surface area (Å²) in [5.74, 6) is -2.24. The van der Waals surface area contributed by atoms with E-state index in [9.17, 15) is 13.6 Å². The molecule has 1 heterocycles. The first kappa shape index (κ1) is 12.5. The fraction of sp³-hybridized carbons (Fsp3) is 0.333. The van der Waals surface area contributed by atoms with Crippen molar-refractivity contribution < 1.29 is 18.3 Å². The Bertz CT molecular complexity index is 595. The van der Waals surface area contributed by atoms with Crippen LogP contribution in [0.2, 0.25) is 0 Å². The number of hydrogen-bond acceptors (Lipinski definition) is 3. The molecule has 0 radical (unpaired) electrons. The summed E-state index contributed by atoms with van der Waals surface area (Å²) in [4.78, 5) is 15.2. The summed E-state index contributed by atoms with van der Waals surface area (Å²) in [5, 5.41) is 0. The van der Waals surface area contributed by atoms with Crippen molar-refractivity contribution >= 4 is 17.0 Å². The first-order valence-electron chi connectivity index (χ1n) is 5.41. The van der Waals surface area contributed by atoms with Crippen LogP contribution < -0.4 is 0 Å². The van der Waals surface area contributed by atoms with Crippen LogP contribution in [0.25, 0.3) is 11.0 Å². The molecular formula is C12H12F2N2O2. The smallest absolute Gasteiger partial charge is 0.307 e. The highest BCUT2D eigenvalue weighted by Crippen LogP contribution is 2.22. The average molecular weight is 254 g/mol. The van der Waals surface area contributed by atoms with Crippen molar-refractivity contribution in [1.29, 1.82) is 0 Å². The molecule has 1 aromatic carbocycles. The maximum atomic E-state index is 13.2. The van der Waals surface area contributed by atoms with Gasteiger partial charge in [-0.05, 0) is 6.92 Å². The molecule has 0 aliphatic heterocycles. The molecule has 96 valence electrons. The number of fused-ring (bicyclic) bond motifs is 1. The summed E-state index contributed by atoms with van der Waals surface area (Å²) in [6.07, 6.45) is 1.60. The number of benzene rings is 1. The third-order valence-electron chi connectivity index (χ3n) is 2.78. The molecule has 18 heavy (non-hydrogen) atoms. The van der Waals surface area contributed by atoms with Crippen LogP contribution in [-0.4, -0.2) is 22.6 Å². The van der Waals surface area contributed by atoms with Gasteiger partial charge in [-0.2, -0.15) is 0 Å². The highest BCUT2D eigenvalue weighted by molar-refractivity contribution is 5.76. The van der Waals surface area contributed by atoms with Gasteiger partial charge in [0.25, 0.3) is 0 Å². The molecule has 0 amide bonds. The fourth-order valence-electron chi connectivity index (χ4n) is 1.80. The van der Waals surface area contributed by atoms with E-state index < -0.39 is 11.6 Å². The van der Waals surface area contributed by atoms with E-state index in [1.54, 1.807) is 11.5 Å². The minimum Gasteiger partial charge on any atom is -0.469 e. The standard InChI is InChI=1S/C12H12F2N2O2/c1-7(3-12(17)18-2)16-6-15-10-4-8(13)9(14)5-11(10)16/h4-7H,3H2,1-2H3. The summed E-state index contributed by atoms with van der Waals surface area (Å²) in [7, 11) is 1.30. The van der Waals surface area contributed by atoms with Gasteiger partial charge in [0, 0.05) is 18.2 Å². The summed E-state index contributed by atoms with van der Waals surface area (Å²) < 4.78 is 32.4. The summed E-state index contributed by atoms with van der Waals surface area (Å²) in [6, 6.07) is 1.87. The summed E-state index contributed by atoms with van der Waals surface area (Å²) in [5.41, 5.74) is 0.802. The molecule has 1 unspecified atom stereocenters. The number of carbonyl (C=O) groups excluding carboxylic acids is 1. The Labute approximate surface area is 102 Å². The number of rotatable bonds is 3. The van der Waals surface area contributed by atoms with E-state index in [1.807, 2.05) is 0 Å². The van der Waals surface area contributed by atoms with Gasteiger partial charge in [-0.3, -0.25) is 4.79 Å². The highest BCUT2D eigenvalue weighted by Gasteiger charge is 2.15. The van der Waals surface area contributed by atoms with Gasteiger partial charge in [0.1, 0.15) is 0 Å². The maximum Gasteiger partial charge on any atom is 0.307 e. The molecule has 1 atom stereocenters. The quantitative estimate of drug-likeness (QED) is 0.790. The van der Waals surface area contributed by atoms with Crippen molar-refractivity contribution in [3.05, 3.63) is 30.1 Å². The topological polar surface area (TPSA) is 44.1 Å². The van der Waals surface area contributed by atoms with E-state index in [-0.39, 0.29) is 18.4 Å². The van der Waals surface area contributed by atoms with Gasteiger partial charge in [-0.15, -0.1) is 0 Å². The van der Waals surface area contributed by atoms with Crippen molar-refractivity contribution in [1.82, 2.24) is 9.55 Å². The zero-order valence-electron chi connectivity index (χ0n) is 9.98. The molecule has 0 saturated heterocycles. The lowest BCUT2D eigenvalue weighted by Gasteiger charge is -2.12. The second-order valence-corrected chi connectivity index (χ2v) is 4.04. The molecule has 0 saturated carbocycles. The molecule has 0 spiro atoms. The monoisotopic (exact) mass is 254 g/mol. The van der Waals surface area contributed by atoms with Gasteiger partial charge < -0.3 is 9.30 Å². The number of carbonyl (C=O) groups is 1. The molecule has 2 rings (SSSR count). The first-order valence-corrected chi connectivity index (χ1v) is 5.41. The van der Waals surface area contributed by atoms with Crippen LogP contribution in [0.5, 0.6) is 0 Å². The molecule has 2 aromatic rings. The summed E-state index contributed by atoms with van der Waals surface area (Å²) in [6.45, 7) is 1.78. The predicted molar refractivity (Wildman–Crippen MR) is 61.0 cm³/mol. The van der Waals surface area contributed by atoms with Gasteiger partial charge in [-0.25, -0.2) is 13.8 Å². The van der Waals surface area contributed by atoms with Crippen LogP contribution in [0, 0.1) is 11.6 Å². The van der Waals surface area contributed by atoms with Crippen molar-refractivity contribution in [3.8, 4) is 0 Å². The van der Waals surface area contributed by atoms with Crippen LogP contribution in [0.3, 0.4) is 0 Å². The Morgan fingerprint density at radius 3 is 2.78 bits per heavy atom. The maximum absolute atomic E-state index is 13.2. The number of aromatic nitrogens is 2. The fourth-order valence-corrected chi connectivity index (χ4v) is 1.80. The predicted octanol–water partition coefficient (Wildman–Crippen LogP) is 2.44. The SMILES string of the molecule is COC(=O)CC(C)n1cnc2cc(F)c(F)cc21. The second kappa shape index (κ2) is 4.72. The van der Waals surface area contributed by atoms with Gasteiger partial charge in [0.15, 0.2) is 11.6 Å². The van der Waals surface area contributed by atoms with Gasteiger partial charge >= 0.3 is 5.97 Å². The Hall–Kier alpha value is -1.98. The first-order chi connectivity index (χ1) is 8.52. The van der Waals surface area contributed by atoms with E-state index in [1.165, 1.54) is 13.4 Å². The molecule has 0 aliphatic carbocycles. The Kier molecular flexibility index (Phi) is 3.27. The molecule has 0 N–H and O–H groups in total. The van der Waals surface area contributed by atoms with Crippen LogP contribution in [0.15, 0.2) is 18.5 Å². The van der Waals surface area contributed by atoms with Gasteiger partial charge in [0.2, 0.25) is 0 Å². The molecule has 0 aliphatic rings. The Balaban J connectivity index is 2.39. The van der Waals surface area contributed by atoms with E-state index in [2.05, 4.69) is 9.72 Å². The molecule has 0 fully saturated rings. The van der Waals surface area contributed by atoms with Crippen molar-refractivity contribution in [2.24, 2.45) is 0 Å². The number of imidazole rings is 1. The third-order valence-corrected chi connectivity index (χ3v) is 2.78. The molecule has 1 aromatic heterocycles. The number of hydrogen-bond donors (Lipinski definition) is 0. The van der Waals surface area contributed by atoms with E-state index in [4.69, 9.17) is 0 Å². The number of esters is 1. The second-order valence-electron chi connectivity index (χ2n) is 4.04. The lowest BCUT2D eigenvalue weighted by molar-refractivity contribution is -0.141. The number of halogens is 2. The zero-order valence-corrected chi connectivity index (χ0v) is 9.98. The normalized spacial score (nSPS) is 12.7. The van der Waals surface area contributed by atoms with Crippen molar-refractivity contribution in [2.45, 2.75) is 19.4 Å². The third kappa shape index (κ3) is 2.18. The minimum absolute atomic E-state index is 0.140. The van der Waals surface area contributed by atoms with Crippen molar-refractivity contribution in [2.75, 3.05) is 7.11 Å².